The zero-order valence-corrected chi connectivity index (χ0v) is 25.7. The number of terminal acetylenes is 1. The van der Waals surface area contributed by atoms with Crippen LogP contribution in [0.15, 0.2) is 66.7 Å². The predicted molar refractivity (Wildman–Crippen MR) is 179 cm³/mol. The molecule has 11 nitrogen and oxygen atoms in total. The average molecular weight is 648 g/mol. The third kappa shape index (κ3) is 5.51. The van der Waals surface area contributed by atoms with Crippen LogP contribution in [-0.4, -0.2) is 43.7 Å². The molecule has 0 fully saturated rings. The van der Waals surface area contributed by atoms with E-state index in [4.69, 9.17) is 16.9 Å². The first kappa shape index (κ1) is 29.0. The maximum Gasteiger partial charge on any atom is 0.355 e. The van der Waals surface area contributed by atoms with Crippen LogP contribution >= 0.6 is 22.7 Å². The number of rotatable bonds is 8. The predicted octanol–water partition coefficient (Wildman–Crippen LogP) is 5.80. The zero-order valence-electron chi connectivity index (χ0n) is 24.1. The Labute approximate surface area is 270 Å². The molecule has 4 heterocycles. The van der Waals surface area contributed by atoms with Crippen LogP contribution in [0.3, 0.4) is 0 Å². The monoisotopic (exact) mass is 647 g/mol. The van der Waals surface area contributed by atoms with Crippen molar-refractivity contribution in [3.63, 3.8) is 0 Å². The number of anilines is 3. The summed E-state index contributed by atoms with van der Waals surface area (Å²) in [6.45, 7) is 1.05. The summed E-state index contributed by atoms with van der Waals surface area (Å²) in [6.07, 6.45) is 6.25. The minimum absolute atomic E-state index is 0.0194. The van der Waals surface area contributed by atoms with Crippen LogP contribution in [-0.2, 0) is 19.6 Å². The number of carboxylic acid groups (broad SMARTS) is 1. The van der Waals surface area contributed by atoms with E-state index < -0.39 is 5.97 Å². The molecule has 0 saturated heterocycles. The number of thiazole rings is 2. The van der Waals surface area contributed by atoms with Crippen molar-refractivity contribution >= 4 is 60.8 Å². The second kappa shape index (κ2) is 12.0. The van der Waals surface area contributed by atoms with Crippen molar-refractivity contribution < 1.29 is 19.4 Å². The van der Waals surface area contributed by atoms with Crippen molar-refractivity contribution in [3.05, 3.63) is 99.6 Å². The lowest BCUT2D eigenvalue weighted by Gasteiger charge is -2.29. The van der Waals surface area contributed by atoms with Gasteiger partial charge in [-0.1, -0.05) is 52.9 Å². The van der Waals surface area contributed by atoms with Crippen molar-refractivity contribution in [2.45, 2.75) is 19.6 Å². The molecule has 46 heavy (non-hydrogen) atoms. The number of hydrogen-bond acceptors (Lipinski definition) is 10. The number of hydrogen-bond donors (Lipinski definition) is 4. The number of carbonyl (C=O) groups is 2. The van der Waals surface area contributed by atoms with Gasteiger partial charge >= 0.3 is 5.97 Å². The molecular weight excluding hydrogens is 623 g/mol. The van der Waals surface area contributed by atoms with E-state index in [1.54, 1.807) is 18.2 Å². The minimum atomic E-state index is -1.14. The lowest BCUT2D eigenvalue weighted by Crippen LogP contribution is -2.32. The molecule has 5 N–H and O–H groups in total. The fourth-order valence-electron chi connectivity index (χ4n) is 5.36. The number of nitrogens with two attached hydrogens (primary N) is 1. The number of fused-ring (bicyclic) bond motifs is 2. The third-order valence-electron chi connectivity index (χ3n) is 7.64. The summed E-state index contributed by atoms with van der Waals surface area (Å²) in [5.74, 6) is 1.96. The summed E-state index contributed by atoms with van der Waals surface area (Å²) in [4.78, 5) is 37.1. The fraction of sp³-hybridized carbons (Fsp3) is 0.121. The zero-order chi connectivity index (χ0) is 31.8. The molecule has 0 radical (unpaired) electrons. The molecule has 0 bridgehead atoms. The molecule has 13 heteroatoms. The molecule has 0 spiro atoms. The van der Waals surface area contributed by atoms with Gasteiger partial charge in [0.1, 0.15) is 12.4 Å². The van der Waals surface area contributed by atoms with Crippen molar-refractivity contribution in [2.24, 2.45) is 0 Å². The van der Waals surface area contributed by atoms with Crippen LogP contribution in [0.5, 0.6) is 5.75 Å². The Hall–Kier alpha value is -5.71. The van der Waals surface area contributed by atoms with Crippen molar-refractivity contribution in [3.8, 4) is 29.4 Å². The molecule has 3 aromatic heterocycles. The highest BCUT2D eigenvalue weighted by molar-refractivity contribution is 7.22. The number of H-pyrrole nitrogens is 1. The Balaban J connectivity index is 1.08. The molecule has 0 atom stereocenters. The van der Waals surface area contributed by atoms with E-state index in [2.05, 4.69) is 31.4 Å². The van der Waals surface area contributed by atoms with E-state index in [0.717, 1.165) is 26.9 Å². The molecule has 6 aromatic rings. The second-order valence-electron chi connectivity index (χ2n) is 10.4. The number of nitrogen functional groups attached to an aromatic ring is 1. The first-order valence-electron chi connectivity index (χ1n) is 14.2. The number of aromatic nitrogens is 4. The van der Waals surface area contributed by atoms with Gasteiger partial charge in [-0.15, -0.1) is 6.42 Å². The first-order valence-corrected chi connectivity index (χ1v) is 15.8. The highest BCUT2D eigenvalue weighted by atomic mass is 32.1. The minimum Gasteiger partial charge on any atom is -0.488 e. The maximum absolute atomic E-state index is 13.4. The number of nitrogens with zero attached hydrogens (tertiary/aromatic N) is 4. The topological polar surface area (TPSA) is 159 Å². The molecule has 228 valence electrons. The summed E-state index contributed by atoms with van der Waals surface area (Å²) in [5.41, 5.74) is 11.0. The van der Waals surface area contributed by atoms with Crippen molar-refractivity contribution in [1.29, 1.82) is 0 Å². The number of carboxylic acids is 1. The van der Waals surface area contributed by atoms with Gasteiger partial charge in [-0.3, -0.25) is 15.2 Å². The first-order chi connectivity index (χ1) is 22.4. The van der Waals surface area contributed by atoms with Gasteiger partial charge in [-0.05, 0) is 60.0 Å². The second-order valence-corrected chi connectivity index (χ2v) is 12.5. The molecule has 0 saturated carbocycles. The normalized spacial score (nSPS) is 12.5. The molecule has 3 aromatic carbocycles. The van der Waals surface area contributed by atoms with Gasteiger partial charge in [0.15, 0.2) is 21.8 Å². The van der Waals surface area contributed by atoms with E-state index >= 15 is 0 Å². The summed E-state index contributed by atoms with van der Waals surface area (Å²) >= 11 is 2.69. The summed E-state index contributed by atoms with van der Waals surface area (Å²) in [7, 11) is 0. The number of benzene rings is 3. The summed E-state index contributed by atoms with van der Waals surface area (Å²) in [6, 6.07) is 20.6. The van der Waals surface area contributed by atoms with Crippen LogP contribution in [0, 0.1) is 12.3 Å². The van der Waals surface area contributed by atoms with E-state index in [1.807, 2.05) is 53.4 Å². The van der Waals surface area contributed by atoms with Crippen LogP contribution in [0.25, 0.3) is 21.5 Å². The van der Waals surface area contributed by atoms with E-state index in [-0.39, 0.29) is 24.0 Å². The summed E-state index contributed by atoms with van der Waals surface area (Å²) in [5, 5.41) is 20.8. The Morgan fingerprint density at radius 1 is 1.09 bits per heavy atom. The lowest BCUT2D eigenvalue weighted by molar-refractivity contribution is 0.0688. The van der Waals surface area contributed by atoms with Crippen LogP contribution in [0.2, 0.25) is 0 Å². The van der Waals surface area contributed by atoms with Gasteiger partial charge in [-0.25, -0.2) is 14.8 Å². The number of amides is 1. The molecular formula is C33H25N7O4S2. The number of aromatic carboxylic acids is 1. The van der Waals surface area contributed by atoms with Gasteiger partial charge in [-0.2, -0.15) is 5.10 Å². The number of aromatic amines is 1. The highest BCUT2D eigenvalue weighted by Gasteiger charge is 2.27. The summed E-state index contributed by atoms with van der Waals surface area (Å²) < 4.78 is 6.95. The largest absolute Gasteiger partial charge is 0.488 e. The van der Waals surface area contributed by atoms with E-state index in [0.29, 0.717) is 57.2 Å². The number of para-hydroxylation sites is 1. The Bertz CT molecular complexity index is 2130. The highest BCUT2D eigenvalue weighted by Crippen LogP contribution is 2.34. The fourth-order valence-corrected chi connectivity index (χ4v) is 7.21. The van der Waals surface area contributed by atoms with Crippen LogP contribution < -0.4 is 20.7 Å². The Kier molecular flexibility index (Phi) is 7.57. The van der Waals surface area contributed by atoms with Gasteiger partial charge in [0.2, 0.25) is 0 Å². The number of ether oxygens (including phenoxy) is 1. The molecule has 1 amide bonds. The number of nitrogens with one attached hydrogen (secondary N) is 2. The maximum atomic E-state index is 13.4. The van der Waals surface area contributed by atoms with Gasteiger partial charge in [0.05, 0.1) is 26.4 Å². The Morgan fingerprint density at radius 3 is 2.70 bits per heavy atom. The molecule has 7 rings (SSSR count). The SMILES string of the molecule is C#Cc1c(N)n[nH]c1-c1ccc(OCc2sc(N3CCc4cccc(C(=O)Nc5nc6ccccc6s5)c4C3)nc2C(=O)O)cc1. The van der Waals surface area contributed by atoms with Crippen molar-refractivity contribution in [2.75, 3.05) is 22.5 Å². The van der Waals surface area contributed by atoms with E-state index in [1.165, 1.54) is 22.7 Å². The molecule has 1 aliphatic heterocycles. The average Bonchev–Trinajstić information content (AvgIpc) is 3.79. The molecule has 1 aliphatic rings. The van der Waals surface area contributed by atoms with Gasteiger partial charge in [0, 0.05) is 24.2 Å². The quantitative estimate of drug-likeness (QED) is 0.150. The lowest BCUT2D eigenvalue weighted by atomic mass is 9.94. The van der Waals surface area contributed by atoms with Gasteiger partial charge in [0.25, 0.3) is 5.91 Å². The smallest absolute Gasteiger partial charge is 0.355 e. The van der Waals surface area contributed by atoms with Crippen molar-refractivity contribution in [1.82, 2.24) is 20.2 Å². The standard InChI is InChI=1S/C33H25N7O4S2/c1-2-21-27(38-39-29(21)34)19-10-12-20(13-11-19)44-17-26-28(31(42)43)36-33(46-26)40-15-14-18-6-5-7-22(23(18)16-40)30(41)37-32-35-24-8-3-4-9-25(24)45-32/h1,3-13H,14-17H2,(H,42,43)(H3,34,38,39)(H,35,37,41). The van der Waals surface area contributed by atoms with E-state index in [9.17, 15) is 14.7 Å². The molecule has 0 unspecified atom stereocenters. The van der Waals surface area contributed by atoms with Crippen LogP contribution in [0.4, 0.5) is 16.1 Å². The van der Waals surface area contributed by atoms with Crippen LogP contribution in [0.1, 0.15) is 42.4 Å². The van der Waals surface area contributed by atoms with Gasteiger partial charge < -0.3 is 20.5 Å². The Morgan fingerprint density at radius 2 is 1.91 bits per heavy atom. The molecule has 0 aliphatic carbocycles. The third-order valence-corrected chi connectivity index (χ3v) is 9.68. The number of carbonyl (C=O) groups excluding carboxylic acids is 1.